The van der Waals surface area contributed by atoms with Crippen LogP contribution in [0.25, 0.3) is 0 Å². The van der Waals surface area contributed by atoms with Gasteiger partial charge in [-0.3, -0.25) is 4.99 Å². The molecule has 0 amide bonds. The fraction of sp³-hybridized carbons (Fsp3) is 0.611. The van der Waals surface area contributed by atoms with E-state index in [1.54, 1.807) is 7.11 Å². The number of methoxy groups -OCH3 is 1. The summed E-state index contributed by atoms with van der Waals surface area (Å²) in [4.78, 5) is 6.73. The first kappa shape index (κ1) is 19.1. The van der Waals surface area contributed by atoms with E-state index in [1.807, 2.05) is 19.2 Å². The number of hydrogen-bond donors (Lipinski definition) is 2. The predicted molar refractivity (Wildman–Crippen MR) is 111 cm³/mol. The van der Waals surface area contributed by atoms with Crippen molar-refractivity contribution in [3.8, 4) is 5.75 Å². The first-order valence-corrected chi connectivity index (χ1v) is 8.65. The third kappa shape index (κ3) is 5.16. The summed E-state index contributed by atoms with van der Waals surface area (Å²) in [5.74, 6) is 2.82. The van der Waals surface area contributed by atoms with Crippen molar-refractivity contribution >= 4 is 35.6 Å². The second kappa shape index (κ2) is 9.34. The fourth-order valence-corrected chi connectivity index (χ4v) is 3.18. The Morgan fingerprint density at radius 3 is 2.79 bits per heavy atom. The van der Waals surface area contributed by atoms with Gasteiger partial charge in [0, 0.05) is 32.7 Å². The van der Waals surface area contributed by atoms with Crippen LogP contribution in [0.1, 0.15) is 25.7 Å². The van der Waals surface area contributed by atoms with Crippen LogP contribution in [0.2, 0.25) is 0 Å². The van der Waals surface area contributed by atoms with Gasteiger partial charge in [-0.1, -0.05) is 25.0 Å². The van der Waals surface area contributed by atoms with E-state index in [1.165, 1.54) is 24.9 Å². The smallest absolute Gasteiger partial charge is 0.191 e. The van der Waals surface area contributed by atoms with Gasteiger partial charge in [0.2, 0.25) is 0 Å². The average Bonchev–Trinajstić information content (AvgIpc) is 3.30. The minimum Gasteiger partial charge on any atom is -0.495 e. The molecule has 1 aromatic carbocycles. The van der Waals surface area contributed by atoms with Gasteiger partial charge in [-0.25, -0.2) is 0 Å². The molecular formula is C18H29IN4O. The Morgan fingerprint density at radius 1 is 1.29 bits per heavy atom. The monoisotopic (exact) mass is 444 g/mol. The highest BCUT2D eigenvalue weighted by Gasteiger charge is 2.25. The van der Waals surface area contributed by atoms with Crippen LogP contribution in [0.5, 0.6) is 5.75 Å². The van der Waals surface area contributed by atoms with E-state index in [9.17, 15) is 0 Å². The zero-order valence-corrected chi connectivity index (χ0v) is 17.0. The number of aliphatic imine (C=N–C) groups is 1. The van der Waals surface area contributed by atoms with Crippen LogP contribution < -0.4 is 20.3 Å². The Bertz CT molecular complexity index is 548. The van der Waals surface area contributed by atoms with Crippen LogP contribution in [0.4, 0.5) is 5.69 Å². The van der Waals surface area contributed by atoms with Crippen LogP contribution in [0, 0.1) is 5.92 Å². The standard InChI is InChI=1S/C18H28N4O.HI/c1-19-18(20-11-9-14-7-8-14)21-15-10-12-22(13-15)16-5-3-4-6-17(16)23-2;/h3-6,14-15H,7-13H2,1-2H3,(H2,19,20,21);1H. The quantitative estimate of drug-likeness (QED) is 0.403. The highest BCUT2D eigenvalue weighted by atomic mass is 127. The number of rotatable bonds is 6. The molecule has 2 fully saturated rings. The molecule has 6 heteroatoms. The lowest BCUT2D eigenvalue weighted by Crippen LogP contribution is -2.44. The lowest BCUT2D eigenvalue weighted by atomic mass is 10.2. The lowest BCUT2D eigenvalue weighted by Gasteiger charge is -2.22. The largest absolute Gasteiger partial charge is 0.495 e. The van der Waals surface area contributed by atoms with Gasteiger partial charge in [0.15, 0.2) is 5.96 Å². The molecular weight excluding hydrogens is 415 g/mol. The Kier molecular flexibility index (Phi) is 7.45. The van der Waals surface area contributed by atoms with E-state index < -0.39 is 0 Å². The maximum Gasteiger partial charge on any atom is 0.191 e. The summed E-state index contributed by atoms with van der Waals surface area (Å²) >= 11 is 0. The SMILES string of the molecule is CN=C(NCCC1CC1)NC1CCN(c2ccccc2OC)C1.I. The summed E-state index contributed by atoms with van der Waals surface area (Å²) < 4.78 is 5.48. The molecule has 0 bridgehead atoms. The number of ether oxygens (including phenoxy) is 1. The van der Waals surface area contributed by atoms with Gasteiger partial charge in [0.25, 0.3) is 0 Å². The topological polar surface area (TPSA) is 48.9 Å². The van der Waals surface area contributed by atoms with Gasteiger partial charge in [-0.15, -0.1) is 24.0 Å². The molecule has 3 rings (SSSR count). The minimum atomic E-state index is 0. The molecule has 1 aliphatic heterocycles. The number of hydrogen-bond acceptors (Lipinski definition) is 3. The summed E-state index contributed by atoms with van der Waals surface area (Å²) in [5.41, 5.74) is 1.18. The molecule has 2 aliphatic rings. The third-order valence-electron chi connectivity index (χ3n) is 4.72. The van der Waals surface area contributed by atoms with Crippen molar-refractivity contribution in [2.24, 2.45) is 10.9 Å². The zero-order chi connectivity index (χ0) is 16.1. The van der Waals surface area contributed by atoms with Gasteiger partial charge in [0.1, 0.15) is 5.75 Å². The molecule has 1 saturated heterocycles. The van der Waals surface area contributed by atoms with Gasteiger partial charge < -0.3 is 20.3 Å². The number of benzene rings is 1. The van der Waals surface area contributed by atoms with Crippen LogP contribution in [-0.2, 0) is 0 Å². The van der Waals surface area contributed by atoms with E-state index in [-0.39, 0.29) is 24.0 Å². The molecule has 2 N–H and O–H groups in total. The number of nitrogens with zero attached hydrogens (tertiary/aromatic N) is 2. The molecule has 0 radical (unpaired) electrons. The van der Waals surface area contributed by atoms with E-state index >= 15 is 0 Å². The molecule has 5 nitrogen and oxygen atoms in total. The number of para-hydroxylation sites is 2. The van der Waals surface area contributed by atoms with Crippen molar-refractivity contribution in [2.75, 3.05) is 38.7 Å². The first-order valence-electron chi connectivity index (χ1n) is 8.65. The van der Waals surface area contributed by atoms with Crippen molar-refractivity contribution < 1.29 is 4.74 Å². The summed E-state index contributed by atoms with van der Waals surface area (Å²) in [7, 11) is 3.58. The van der Waals surface area contributed by atoms with E-state index in [0.29, 0.717) is 6.04 Å². The molecule has 1 heterocycles. The van der Waals surface area contributed by atoms with Gasteiger partial charge >= 0.3 is 0 Å². The normalized spacial score (nSPS) is 20.5. The molecule has 0 spiro atoms. The summed E-state index contributed by atoms with van der Waals surface area (Å²) in [6.45, 7) is 3.04. The van der Waals surface area contributed by atoms with Crippen molar-refractivity contribution in [3.05, 3.63) is 24.3 Å². The van der Waals surface area contributed by atoms with Crippen LogP contribution >= 0.6 is 24.0 Å². The van der Waals surface area contributed by atoms with Crippen LogP contribution in [0.3, 0.4) is 0 Å². The molecule has 134 valence electrons. The number of nitrogens with one attached hydrogen (secondary N) is 2. The molecule has 24 heavy (non-hydrogen) atoms. The van der Waals surface area contributed by atoms with Crippen molar-refractivity contribution in [2.45, 2.75) is 31.7 Å². The maximum atomic E-state index is 5.48. The Balaban J connectivity index is 0.00000208. The van der Waals surface area contributed by atoms with E-state index in [4.69, 9.17) is 4.74 Å². The van der Waals surface area contributed by atoms with E-state index in [0.717, 1.165) is 43.7 Å². The van der Waals surface area contributed by atoms with Crippen LogP contribution in [0.15, 0.2) is 29.3 Å². The zero-order valence-electron chi connectivity index (χ0n) is 14.6. The minimum absolute atomic E-state index is 0. The van der Waals surface area contributed by atoms with Crippen LogP contribution in [-0.4, -0.2) is 45.8 Å². The molecule has 0 aromatic heterocycles. The average molecular weight is 444 g/mol. The summed E-state index contributed by atoms with van der Waals surface area (Å²) in [6, 6.07) is 8.65. The fourth-order valence-electron chi connectivity index (χ4n) is 3.18. The predicted octanol–water partition coefficient (Wildman–Crippen LogP) is 2.86. The second-order valence-electron chi connectivity index (χ2n) is 6.48. The highest BCUT2D eigenvalue weighted by Crippen LogP contribution is 2.32. The second-order valence-corrected chi connectivity index (χ2v) is 6.48. The van der Waals surface area contributed by atoms with Gasteiger partial charge in [-0.2, -0.15) is 0 Å². The number of anilines is 1. The Labute approximate surface area is 162 Å². The molecule has 1 unspecified atom stereocenters. The summed E-state index contributed by atoms with van der Waals surface area (Å²) in [5, 5.41) is 6.99. The number of guanidine groups is 1. The molecule has 1 aliphatic carbocycles. The van der Waals surface area contributed by atoms with Crippen molar-refractivity contribution in [1.82, 2.24) is 10.6 Å². The Hall–Kier alpha value is -1.18. The first-order chi connectivity index (χ1) is 11.3. The van der Waals surface area contributed by atoms with Gasteiger partial charge in [0.05, 0.1) is 12.8 Å². The van der Waals surface area contributed by atoms with Crippen molar-refractivity contribution in [1.29, 1.82) is 0 Å². The number of halogens is 1. The van der Waals surface area contributed by atoms with Crippen molar-refractivity contribution in [3.63, 3.8) is 0 Å². The molecule has 1 atom stereocenters. The maximum absolute atomic E-state index is 5.48. The lowest BCUT2D eigenvalue weighted by molar-refractivity contribution is 0.415. The van der Waals surface area contributed by atoms with E-state index in [2.05, 4.69) is 32.7 Å². The highest BCUT2D eigenvalue weighted by molar-refractivity contribution is 14.0. The summed E-state index contributed by atoms with van der Waals surface area (Å²) in [6.07, 6.45) is 5.19. The van der Waals surface area contributed by atoms with Gasteiger partial charge in [-0.05, 0) is 30.9 Å². The third-order valence-corrected chi connectivity index (χ3v) is 4.72. The molecule has 1 aromatic rings. The Morgan fingerprint density at radius 2 is 2.08 bits per heavy atom. The molecule has 1 saturated carbocycles.